The van der Waals surface area contributed by atoms with Crippen LogP contribution in [0.1, 0.15) is 53.4 Å². The summed E-state index contributed by atoms with van der Waals surface area (Å²) in [6.45, 7) is 12.4. The number of nitrogens with zero attached hydrogens (tertiary/aromatic N) is 2. The largest absolute Gasteiger partial charge is 1.00 e. The van der Waals surface area contributed by atoms with Gasteiger partial charge in [-0.3, -0.25) is 0 Å². The molecule has 0 unspecified atom stereocenters. The zero-order valence-electron chi connectivity index (χ0n) is 15.2. The Morgan fingerprint density at radius 2 is 1.05 bits per heavy atom. The molecule has 0 aromatic rings. The van der Waals surface area contributed by atoms with E-state index >= 15 is 0 Å². The van der Waals surface area contributed by atoms with E-state index in [4.69, 9.17) is 49.7 Å². The Hall–Kier alpha value is 2.22. The van der Waals surface area contributed by atoms with E-state index < -0.39 is 0 Å². The second-order valence-corrected chi connectivity index (χ2v) is 6.46. The molecule has 0 aliphatic heterocycles. The van der Waals surface area contributed by atoms with E-state index in [-0.39, 0.29) is 59.1 Å². The molecule has 0 aliphatic carbocycles. The van der Waals surface area contributed by atoms with Crippen molar-refractivity contribution in [3.63, 3.8) is 0 Å². The number of thiocarbonyl (C=S) groups is 2. The molecular weight excluding hydrogens is 370 g/mol. The van der Waals surface area contributed by atoms with E-state index in [1.165, 1.54) is 25.7 Å². The van der Waals surface area contributed by atoms with Gasteiger partial charge in [0.1, 0.15) is 0 Å². The van der Waals surface area contributed by atoms with Crippen molar-refractivity contribution in [2.75, 3.05) is 26.2 Å². The molecule has 0 aromatic carbocycles. The molecule has 0 fully saturated rings. The number of unbranched alkanes of at least 4 members (excludes halogenated alkanes) is 2. The van der Waals surface area contributed by atoms with Gasteiger partial charge in [0, 0.05) is 26.2 Å². The predicted molar refractivity (Wildman–Crippen MR) is 104 cm³/mol. The van der Waals surface area contributed by atoms with Crippen LogP contribution in [-0.4, -0.2) is 44.6 Å². The summed E-state index contributed by atoms with van der Waals surface area (Å²) in [5.74, 6) is 0. The van der Waals surface area contributed by atoms with Crippen molar-refractivity contribution < 1.29 is 59.1 Å². The summed E-state index contributed by atoms with van der Waals surface area (Å²) in [6.07, 6.45) is 4.81. The van der Waals surface area contributed by atoms with Gasteiger partial charge < -0.3 is 59.5 Å². The van der Waals surface area contributed by atoms with E-state index in [9.17, 15) is 0 Å². The number of rotatable bonds is 8. The minimum atomic E-state index is 0. The first-order chi connectivity index (χ1) is 9.44. The monoisotopic (exact) mass is 398 g/mol. The molecular formula is C14H28N2Na2S4. The molecule has 0 radical (unpaired) electrons. The van der Waals surface area contributed by atoms with Gasteiger partial charge in [-0.25, -0.2) is 0 Å². The minimum absolute atomic E-state index is 0. The maximum Gasteiger partial charge on any atom is 1.00 e. The third-order valence-electron chi connectivity index (χ3n) is 2.84. The summed E-state index contributed by atoms with van der Waals surface area (Å²) in [5.41, 5.74) is 0. The van der Waals surface area contributed by atoms with E-state index in [0.717, 1.165) is 26.2 Å². The molecule has 0 saturated heterocycles. The Labute approximate surface area is 204 Å². The standard InChI is InChI=1S/C9H19NS2.C5H11NS2.2Na/c1-3-5-7-10(9(11)12)8-6-4-2;1-3-6(4-2)5(7)8;;/h3-8H2,1-2H3,(H,11,12);3-4H2,1-2H3,(H,7,8);;/q;;2*+1/p-2. The van der Waals surface area contributed by atoms with Gasteiger partial charge >= 0.3 is 59.1 Å². The average Bonchev–Trinajstić information content (AvgIpc) is 2.40. The van der Waals surface area contributed by atoms with E-state index in [2.05, 4.69) is 18.7 Å². The summed E-state index contributed by atoms with van der Waals surface area (Å²) in [5, 5.41) is 0. The molecule has 0 aliphatic rings. The topological polar surface area (TPSA) is 6.48 Å². The Kier molecular flexibility index (Phi) is 33.7. The van der Waals surface area contributed by atoms with Gasteiger partial charge in [0.05, 0.1) is 0 Å². The molecule has 0 spiro atoms. The summed E-state index contributed by atoms with van der Waals surface area (Å²) in [7, 11) is 0. The van der Waals surface area contributed by atoms with Gasteiger partial charge in [0.15, 0.2) is 0 Å². The van der Waals surface area contributed by atoms with Crippen molar-refractivity contribution in [1.29, 1.82) is 0 Å². The van der Waals surface area contributed by atoms with Gasteiger partial charge in [-0.2, -0.15) is 0 Å². The second kappa shape index (κ2) is 23.2. The predicted octanol–water partition coefficient (Wildman–Crippen LogP) is -2.11. The molecule has 0 saturated carbocycles. The Morgan fingerprint density at radius 1 is 0.727 bits per heavy atom. The molecule has 120 valence electrons. The molecule has 0 heterocycles. The normalized spacial score (nSPS) is 8.55. The van der Waals surface area contributed by atoms with Crippen LogP contribution in [0.5, 0.6) is 0 Å². The van der Waals surface area contributed by atoms with Crippen LogP contribution >= 0.6 is 24.4 Å². The van der Waals surface area contributed by atoms with Crippen molar-refractivity contribution in [1.82, 2.24) is 9.80 Å². The molecule has 0 rings (SSSR count). The fraction of sp³-hybridized carbons (Fsp3) is 0.857. The van der Waals surface area contributed by atoms with E-state index in [1.54, 1.807) is 0 Å². The van der Waals surface area contributed by atoms with Crippen LogP contribution in [0.3, 0.4) is 0 Å². The molecule has 0 N–H and O–H groups in total. The van der Waals surface area contributed by atoms with Crippen LogP contribution in [0.4, 0.5) is 0 Å². The molecule has 0 aromatic heterocycles. The smallest absolute Gasteiger partial charge is 0.411 e. The number of hydrogen-bond donors (Lipinski definition) is 0. The average molecular weight is 399 g/mol. The molecule has 22 heavy (non-hydrogen) atoms. The third kappa shape index (κ3) is 20.3. The van der Waals surface area contributed by atoms with Gasteiger partial charge in [-0.1, -0.05) is 35.3 Å². The van der Waals surface area contributed by atoms with Crippen molar-refractivity contribution in [3.8, 4) is 0 Å². The van der Waals surface area contributed by atoms with Gasteiger partial charge in [-0.05, 0) is 26.7 Å². The van der Waals surface area contributed by atoms with Crippen LogP contribution in [0.2, 0.25) is 0 Å². The van der Waals surface area contributed by atoms with E-state index in [1.807, 2.05) is 18.7 Å². The summed E-state index contributed by atoms with van der Waals surface area (Å²) in [6, 6.07) is 0. The molecule has 0 amide bonds. The molecule has 0 bridgehead atoms. The first-order valence-electron chi connectivity index (χ1n) is 7.36. The Balaban J connectivity index is -0.000000144. The second-order valence-electron chi connectivity index (χ2n) is 4.40. The summed E-state index contributed by atoms with van der Waals surface area (Å²) >= 11 is 19.5. The van der Waals surface area contributed by atoms with Crippen molar-refractivity contribution >= 4 is 58.3 Å². The third-order valence-corrected chi connectivity index (χ3v) is 3.88. The van der Waals surface area contributed by atoms with Crippen LogP contribution in [-0.2, 0) is 25.3 Å². The van der Waals surface area contributed by atoms with Gasteiger partial charge in [0.25, 0.3) is 0 Å². The Morgan fingerprint density at radius 3 is 1.18 bits per heavy atom. The van der Waals surface area contributed by atoms with E-state index in [0.29, 0.717) is 8.64 Å². The van der Waals surface area contributed by atoms with Crippen molar-refractivity contribution in [3.05, 3.63) is 0 Å². The maximum absolute atomic E-state index is 4.98. The fourth-order valence-electron chi connectivity index (χ4n) is 1.47. The zero-order valence-corrected chi connectivity index (χ0v) is 22.5. The first kappa shape index (κ1) is 31.9. The minimum Gasteiger partial charge on any atom is -0.411 e. The van der Waals surface area contributed by atoms with Gasteiger partial charge in [-0.15, -0.1) is 0 Å². The SMILES string of the molecule is CCCCN(CCCC)C(=S)[S-].CCN(CC)C(=S)[S-].[Na+].[Na+]. The van der Waals surface area contributed by atoms with Crippen LogP contribution in [0.25, 0.3) is 0 Å². The first-order valence-corrected chi connectivity index (χ1v) is 8.99. The zero-order chi connectivity index (χ0) is 16.0. The maximum atomic E-state index is 4.98. The molecule has 8 heteroatoms. The van der Waals surface area contributed by atoms with Crippen molar-refractivity contribution in [2.24, 2.45) is 0 Å². The summed E-state index contributed by atoms with van der Waals surface area (Å²) in [4.78, 5) is 4.10. The number of hydrogen-bond acceptors (Lipinski definition) is 4. The fourth-order valence-corrected chi connectivity index (χ4v) is 2.36. The quantitative estimate of drug-likeness (QED) is 0.260. The van der Waals surface area contributed by atoms with Gasteiger partial charge in [0.2, 0.25) is 0 Å². The van der Waals surface area contributed by atoms with Crippen LogP contribution in [0.15, 0.2) is 0 Å². The summed E-state index contributed by atoms with van der Waals surface area (Å²) < 4.78 is 1.21. The van der Waals surface area contributed by atoms with Crippen LogP contribution < -0.4 is 59.1 Å². The van der Waals surface area contributed by atoms with Crippen molar-refractivity contribution in [2.45, 2.75) is 53.4 Å². The molecule has 2 nitrogen and oxygen atoms in total. The molecule has 0 atom stereocenters. The Bertz CT molecular complexity index is 257. The van der Waals surface area contributed by atoms with Crippen LogP contribution in [0, 0.1) is 0 Å².